The van der Waals surface area contributed by atoms with Crippen molar-refractivity contribution in [3.05, 3.63) is 0 Å². The third-order valence-electron chi connectivity index (χ3n) is 1.85. The van der Waals surface area contributed by atoms with Crippen LogP contribution in [0.1, 0.15) is 13.8 Å². The van der Waals surface area contributed by atoms with Crippen LogP contribution in [0, 0.1) is 0 Å². The van der Waals surface area contributed by atoms with Gasteiger partial charge in [-0.05, 0) is 13.8 Å². The molecule has 0 spiro atoms. The highest BCUT2D eigenvalue weighted by molar-refractivity contribution is 5.74. The topological polar surface area (TPSA) is 32.3 Å². The van der Waals surface area contributed by atoms with E-state index in [-0.39, 0.29) is 0 Å². The number of hydrogen-bond acceptors (Lipinski definition) is 1. The van der Waals surface area contributed by atoms with Crippen molar-refractivity contribution < 1.29 is 22.4 Å². The molecule has 0 bridgehead atoms. The van der Waals surface area contributed by atoms with Gasteiger partial charge in [-0.15, -0.1) is 0 Å². The maximum absolute atomic E-state index is 12.4. The Hall–Kier alpha value is -1.01. The molecule has 0 fully saturated rings. The fourth-order valence-electron chi connectivity index (χ4n) is 0.893. The summed E-state index contributed by atoms with van der Waals surface area (Å²) >= 11 is 0. The van der Waals surface area contributed by atoms with Crippen LogP contribution in [0.25, 0.3) is 0 Å². The predicted molar refractivity (Wildman–Crippen MR) is 47.3 cm³/mol. The van der Waals surface area contributed by atoms with E-state index in [1.54, 1.807) is 19.2 Å². The number of nitrogens with zero attached hydrogens (tertiary/aromatic N) is 1. The SMILES string of the molecule is CCN(CC)C(=O)NCC(F)(F)C(F)F. The fraction of sp³-hybridized carbons (Fsp3) is 0.875. The summed E-state index contributed by atoms with van der Waals surface area (Å²) in [6.45, 7) is 2.65. The Labute approximate surface area is 85.4 Å². The van der Waals surface area contributed by atoms with Crippen molar-refractivity contribution >= 4 is 6.03 Å². The second-order valence-electron chi connectivity index (χ2n) is 2.89. The van der Waals surface area contributed by atoms with Crippen LogP contribution in [0.15, 0.2) is 0 Å². The Morgan fingerprint density at radius 3 is 2.13 bits per heavy atom. The van der Waals surface area contributed by atoms with Crippen LogP contribution >= 0.6 is 0 Å². The zero-order valence-corrected chi connectivity index (χ0v) is 8.57. The first-order valence-corrected chi connectivity index (χ1v) is 4.53. The number of amides is 2. The van der Waals surface area contributed by atoms with Crippen LogP contribution in [-0.2, 0) is 0 Å². The third kappa shape index (κ3) is 4.35. The molecule has 0 aromatic rings. The number of urea groups is 1. The molecule has 0 atom stereocenters. The third-order valence-corrected chi connectivity index (χ3v) is 1.85. The van der Waals surface area contributed by atoms with Gasteiger partial charge in [0.2, 0.25) is 0 Å². The molecule has 0 aromatic carbocycles. The number of rotatable bonds is 5. The van der Waals surface area contributed by atoms with Crippen LogP contribution in [0.4, 0.5) is 22.4 Å². The first kappa shape index (κ1) is 14.0. The van der Waals surface area contributed by atoms with Gasteiger partial charge in [0.05, 0.1) is 6.54 Å². The van der Waals surface area contributed by atoms with Crippen LogP contribution in [0.5, 0.6) is 0 Å². The Morgan fingerprint density at radius 2 is 1.80 bits per heavy atom. The molecule has 3 nitrogen and oxygen atoms in total. The summed E-state index contributed by atoms with van der Waals surface area (Å²) in [6, 6.07) is -0.764. The molecule has 0 aromatic heterocycles. The van der Waals surface area contributed by atoms with Gasteiger partial charge in [0.1, 0.15) is 0 Å². The second-order valence-corrected chi connectivity index (χ2v) is 2.89. The maximum atomic E-state index is 12.4. The molecule has 90 valence electrons. The predicted octanol–water partition coefficient (Wildman–Crippen LogP) is 1.94. The first-order chi connectivity index (χ1) is 6.85. The molecule has 0 saturated carbocycles. The van der Waals surface area contributed by atoms with E-state index in [4.69, 9.17) is 0 Å². The molecule has 0 radical (unpaired) electrons. The normalized spacial score (nSPS) is 11.7. The lowest BCUT2D eigenvalue weighted by atomic mass is 10.3. The number of alkyl halides is 4. The van der Waals surface area contributed by atoms with Gasteiger partial charge in [0, 0.05) is 13.1 Å². The van der Waals surface area contributed by atoms with Gasteiger partial charge in [0.15, 0.2) is 0 Å². The molecule has 7 heteroatoms. The minimum absolute atomic E-state index is 0.336. The Bertz CT molecular complexity index is 207. The van der Waals surface area contributed by atoms with Gasteiger partial charge in [-0.3, -0.25) is 0 Å². The minimum atomic E-state index is -4.18. The van der Waals surface area contributed by atoms with Crippen LogP contribution < -0.4 is 5.32 Å². The monoisotopic (exact) mass is 230 g/mol. The summed E-state index contributed by atoms with van der Waals surface area (Å²) in [5, 5.41) is 1.76. The Balaban J connectivity index is 4.10. The molecule has 2 amide bonds. The number of carbonyl (C=O) groups is 1. The van der Waals surface area contributed by atoms with Gasteiger partial charge in [-0.1, -0.05) is 0 Å². The van der Waals surface area contributed by atoms with Crippen LogP contribution in [-0.4, -0.2) is 42.9 Å². The lowest BCUT2D eigenvalue weighted by Gasteiger charge is -2.21. The summed E-state index contributed by atoms with van der Waals surface area (Å²) < 4.78 is 48.2. The maximum Gasteiger partial charge on any atom is 0.324 e. The summed E-state index contributed by atoms with van der Waals surface area (Å²) in [5.74, 6) is -4.18. The van der Waals surface area contributed by atoms with E-state index in [0.717, 1.165) is 0 Å². The van der Waals surface area contributed by atoms with Gasteiger partial charge in [-0.25, -0.2) is 13.6 Å². The molecule has 0 saturated heterocycles. The Morgan fingerprint density at radius 1 is 1.33 bits per heavy atom. The number of carbonyl (C=O) groups excluding carboxylic acids is 1. The lowest BCUT2D eigenvalue weighted by Crippen LogP contribution is -2.46. The fourth-order valence-corrected chi connectivity index (χ4v) is 0.893. The average molecular weight is 230 g/mol. The summed E-state index contributed by atoms with van der Waals surface area (Å²) in [6.07, 6.45) is -3.77. The zero-order valence-electron chi connectivity index (χ0n) is 8.57. The summed E-state index contributed by atoms with van der Waals surface area (Å²) in [4.78, 5) is 12.3. The van der Waals surface area contributed by atoms with Crippen molar-refractivity contribution in [1.82, 2.24) is 10.2 Å². The van der Waals surface area contributed by atoms with Crippen molar-refractivity contribution in [3.63, 3.8) is 0 Å². The molecular formula is C8H14F4N2O. The highest BCUT2D eigenvalue weighted by Crippen LogP contribution is 2.21. The quantitative estimate of drug-likeness (QED) is 0.719. The first-order valence-electron chi connectivity index (χ1n) is 4.53. The number of halogens is 4. The summed E-state index contributed by atoms with van der Waals surface area (Å²) in [5.41, 5.74) is 0. The van der Waals surface area contributed by atoms with Crippen molar-refractivity contribution in [2.75, 3.05) is 19.6 Å². The van der Waals surface area contributed by atoms with Crippen molar-refractivity contribution in [2.45, 2.75) is 26.2 Å². The molecule has 0 unspecified atom stereocenters. The Kier molecular flexibility index (Phi) is 5.38. The molecule has 1 N–H and O–H groups in total. The number of hydrogen-bond donors (Lipinski definition) is 1. The van der Waals surface area contributed by atoms with E-state index < -0.39 is 24.9 Å². The lowest BCUT2D eigenvalue weighted by molar-refractivity contribution is -0.123. The molecule has 0 aliphatic heterocycles. The minimum Gasteiger partial charge on any atom is -0.332 e. The average Bonchev–Trinajstić information content (AvgIpc) is 2.16. The van der Waals surface area contributed by atoms with Gasteiger partial charge >= 0.3 is 18.4 Å². The highest BCUT2D eigenvalue weighted by atomic mass is 19.3. The van der Waals surface area contributed by atoms with E-state index in [2.05, 4.69) is 0 Å². The van der Waals surface area contributed by atoms with Gasteiger partial charge in [-0.2, -0.15) is 8.78 Å². The smallest absolute Gasteiger partial charge is 0.324 e. The summed E-state index contributed by atoms with van der Waals surface area (Å²) in [7, 11) is 0. The zero-order chi connectivity index (χ0) is 12.1. The van der Waals surface area contributed by atoms with Crippen LogP contribution in [0.3, 0.4) is 0 Å². The second kappa shape index (κ2) is 5.77. The van der Waals surface area contributed by atoms with E-state index in [1.165, 1.54) is 4.90 Å². The van der Waals surface area contributed by atoms with Crippen molar-refractivity contribution in [2.24, 2.45) is 0 Å². The van der Waals surface area contributed by atoms with E-state index in [1.807, 2.05) is 0 Å². The molecule has 15 heavy (non-hydrogen) atoms. The van der Waals surface area contributed by atoms with Crippen molar-refractivity contribution in [1.29, 1.82) is 0 Å². The largest absolute Gasteiger partial charge is 0.332 e. The van der Waals surface area contributed by atoms with Crippen molar-refractivity contribution in [3.8, 4) is 0 Å². The van der Waals surface area contributed by atoms with Gasteiger partial charge in [0.25, 0.3) is 0 Å². The van der Waals surface area contributed by atoms with E-state index in [0.29, 0.717) is 13.1 Å². The number of nitrogens with one attached hydrogen (secondary N) is 1. The van der Waals surface area contributed by atoms with Gasteiger partial charge < -0.3 is 10.2 Å². The highest BCUT2D eigenvalue weighted by Gasteiger charge is 2.41. The van der Waals surface area contributed by atoms with Crippen LogP contribution in [0.2, 0.25) is 0 Å². The standard InChI is InChI=1S/C8H14F4N2O/c1-3-14(4-2)7(15)13-5-8(11,12)6(9)10/h6H,3-5H2,1-2H3,(H,13,15). The molecular weight excluding hydrogens is 216 g/mol. The molecule has 0 heterocycles. The molecule has 0 aliphatic carbocycles. The molecule has 0 aliphatic rings. The van der Waals surface area contributed by atoms with E-state index >= 15 is 0 Å². The van der Waals surface area contributed by atoms with E-state index in [9.17, 15) is 22.4 Å². The molecule has 0 rings (SSSR count).